The lowest BCUT2D eigenvalue weighted by Gasteiger charge is -2.17. The van der Waals surface area contributed by atoms with Gasteiger partial charge in [-0.25, -0.2) is 9.78 Å². The Morgan fingerprint density at radius 3 is 2.80 bits per heavy atom. The van der Waals surface area contributed by atoms with E-state index in [4.69, 9.17) is 4.74 Å². The molecule has 2 heterocycles. The predicted molar refractivity (Wildman–Crippen MR) is 116 cm³/mol. The number of esters is 1. The molecule has 1 unspecified atom stereocenters. The summed E-state index contributed by atoms with van der Waals surface area (Å²) in [6, 6.07) is 6.44. The molecule has 1 aliphatic carbocycles. The fourth-order valence-corrected chi connectivity index (χ4v) is 5.08. The lowest BCUT2D eigenvalue weighted by atomic mass is 9.89. The van der Waals surface area contributed by atoms with Gasteiger partial charge >= 0.3 is 5.97 Å². The molecule has 0 spiro atoms. The molecule has 1 aromatic carbocycles. The van der Waals surface area contributed by atoms with Gasteiger partial charge in [-0.3, -0.25) is 14.2 Å². The third kappa shape index (κ3) is 4.00. The maximum Gasteiger partial charge on any atom is 0.338 e. The summed E-state index contributed by atoms with van der Waals surface area (Å²) in [6.07, 6.45) is 4.38. The van der Waals surface area contributed by atoms with Crippen molar-refractivity contribution in [2.75, 3.05) is 11.9 Å². The van der Waals surface area contributed by atoms with Gasteiger partial charge in [0.25, 0.3) is 5.56 Å². The van der Waals surface area contributed by atoms with Crippen LogP contribution in [0.15, 0.2) is 35.4 Å². The Labute approximate surface area is 177 Å². The van der Waals surface area contributed by atoms with Crippen LogP contribution in [-0.4, -0.2) is 28.0 Å². The van der Waals surface area contributed by atoms with Crippen molar-refractivity contribution in [2.45, 2.75) is 39.7 Å². The molecule has 4 rings (SSSR count). The van der Waals surface area contributed by atoms with E-state index >= 15 is 0 Å². The Balaban J connectivity index is 1.50. The minimum atomic E-state index is -0.408. The number of anilines is 1. The van der Waals surface area contributed by atoms with E-state index in [0.717, 1.165) is 29.7 Å². The van der Waals surface area contributed by atoms with Crippen molar-refractivity contribution in [2.24, 2.45) is 5.92 Å². The number of carbonyl (C=O) groups excluding carboxylic acids is 2. The fraction of sp³-hybridized carbons (Fsp3) is 0.364. The summed E-state index contributed by atoms with van der Waals surface area (Å²) in [5.74, 6) is -0.122. The van der Waals surface area contributed by atoms with E-state index in [9.17, 15) is 14.4 Å². The number of nitrogens with one attached hydrogen (secondary N) is 1. The number of ether oxygens (including phenoxy) is 1. The van der Waals surface area contributed by atoms with E-state index in [-0.39, 0.29) is 18.0 Å². The Kier molecular flexibility index (Phi) is 5.67. The minimum Gasteiger partial charge on any atom is -0.462 e. The molecule has 1 N–H and O–H groups in total. The summed E-state index contributed by atoms with van der Waals surface area (Å²) in [4.78, 5) is 43.6. The highest BCUT2D eigenvalue weighted by Crippen LogP contribution is 2.35. The summed E-state index contributed by atoms with van der Waals surface area (Å²) >= 11 is 1.59. The molecule has 0 fully saturated rings. The third-order valence-corrected chi connectivity index (χ3v) is 6.44. The molecule has 1 amide bonds. The maximum atomic E-state index is 13.0. The van der Waals surface area contributed by atoms with Gasteiger partial charge in [-0.1, -0.05) is 6.92 Å². The van der Waals surface area contributed by atoms with Crippen LogP contribution >= 0.6 is 11.3 Å². The molecule has 0 saturated carbocycles. The first-order valence-corrected chi connectivity index (χ1v) is 10.8. The van der Waals surface area contributed by atoms with Crippen molar-refractivity contribution in [1.82, 2.24) is 9.55 Å². The van der Waals surface area contributed by atoms with Crippen LogP contribution in [0.5, 0.6) is 0 Å². The zero-order valence-corrected chi connectivity index (χ0v) is 17.8. The topological polar surface area (TPSA) is 90.3 Å². The average Bonchev–Trinajstić information content (AvgIpc) is 3.09. The number of hydrogen-bond donors (Lipinski definition) is 1. The highest BCUT2D eigenvalue weighted by atomic mass is 32.1. The molecule has 0 aliphatic heterocycles. The molecule has 30 heavy (non-hydrogen) atoms. The molecule has 156 valence electrons. The summed E-state index contributed by atoms with van der Waals surface area (Å²) in [5.41, 5.74) is 1.89. The van der Waals surface area contributed by atoms with Crippen LogP contribution in [-0.2, 0) is 28.9 Å². The fourth-order valence-electron chi connectivity index (χ4n) is 3.74. The second-order valence-corrected chi connectivity index (χ2v) is 8.64. The van der Waals surface area contributed by atoms with Gasteiger partial charge in [0, 0.05) is 10.6 Å². The first-order valence-electron chi connectivity index (χ1n) is 10.0. The lowest BCUT2D eigenvalue weighted by molar-refractivity contribution is -0.116. The van der Waals surface area contributed by atoms with Crippen LogP contribution in [0.25, 0.3) is 10.2 Å². The van der Waals surface area contributed by atoms with Crippen molar-refractivity contribution < 1.29 is 14.3 Å². The number of thiophene rings is 1. The lowest BCUT2D eigenvalue weighted by Crippen LogP contribution is -2.28. The number of hydrogen-bond acceptors (Lipinski definition) is 6. The van der Waals surface area contributed by atoms with Gasteiger partial charge < -0.3 is 10.1 Å². The first kappa shape index (κ1) is 20.3. The number of aromatic nitrogens is 2. The Bertz CT molecular complexity index is 1160. The van der Waals surface area contributed by atoms with Gasteiger partial charge in [0.2, 0.25) is 5.91 Å². The van der Waals surface area contributed by atoms with Crippen LogP contribution in [0.1, 0.15) is 41.1 Å². The molecule has 2 aromatic heterocycles. The van der Waals surface area contributed by atoms with Crippen molar-refractivity contribution >= 4 is 39.1 Å². The van der Waals surface area contributed by atoms with Gasteiger partial charge in [0.15, 0.2) is 0 Å². The molecule has 0 saturated heterocycles. The standard InChI is InChI=1S/C22H23N3O4S/c1-3-29-22(28)14-5-7-15(8-6-14)24-18(26)11-25-12-23-20-19(21(25)27)16-9-4-13(2)10-17(16)30-20/h5-8,12-13H,3-4,9-11H2,1-2H3,(H,24,26). The summed E-state index contributed by atoms with van der Waals surface area (Å²) in [6.45, 7) is 4.15. The van der Waals surface area contributed by atoms with Gasteiger partial charge in [-0.2, -0.15) is 0 Å². The highest BCUT2D eigenvalue weighted by molar-refractivity contribution is 7.18. The quantitative estimate of drug-likeness (QED) is 0.633. The summed E-state index contributed by atoms with van der Waals surface area (Å²) in [5, 5.41) is 3.41. The van der Waals surface area contributed by atoms with Crippen LogP contribution in [0.4, 0.5) is 5.69 Å². The van der Waals surface area contributed by atoms with Crippen molar-refractivity contribution in [3.8, 4) is 0 Å². The zero-order chi connectivity index (χ0) is 21.3. The first-order chi connectivity index (χ1) is 14.5. The van der Waals surface area contributed by atoms with Gasteiger partial charge in [-0.05, 0) is 61.9 Å². The number of benzene rings is 1. The van der Waals surface area contributed by atoms with Crippen molar-refractivity contribution in [1.29, 1.82) is 0 Å². The summed E-state index contributed by atoms with van der Waals surface area (Å²) in [7, 11) is 0. The van der Waals surface area contributed by atoms with Crippen LogP contribution in [0, 0.1) is 5.92 Å². The molecule has 3 aromatic rings. The average molecular weight is 426 g/mol. The van der Waals surface area contributed by atoms with E-state index in [1.54, 1.807) is 42.5 Å². The minimum absolute atomic E-state index is 0.123. The number of fused-ring (bicyclic) bond motifs is 3. The monoisotopic (exact) mass is 425 g/mol. The second kappa shape index (κ2) is 8.39. The Morgan fingerprint density at radius 1 is 1.30 bits per heavy atom. The highest BCUT2D eigenvalue weighted by Gasteiger charge is 2.23. The van der Waals surface area contributed by atoms with E-state index in [2.05, 4.69) is 17.2 Å². The van der Waals surface area contributed by atoms with Crippen molar-refractivity contribution in [3.05, 3.63) is 57.0 Å². The van der Waals surface area contributed by atoms with E-state index < -0.39 is 5.97 Å². The van der Waals surface area contributed by atoms with E-state index in [1.807, 2.05) is 0 Å². The normalized spacial score (nSPS) is 15.6. The molecule has 0 radical (unpaired) electrons. The SMILES string of the molecule is CCOC(=O)c1ccc(NC(=O)Cn2cnc3sc4c(c3c2=O)CCC(C)C4)cc1. The number of amides is 1. The Hall–Kier alpha value is -3.00. The van der Waals surface area contributed by atoms with Gasteiger partial charge in [0.05, 0.1) is 23.9 Å². The number of rotatable bonds is 5. The van der Waals surface area contributed by atoms with Gasteiger partial charge in [0.1, 0.15) is 11.4 Å². The number of aryl methyl sites for hydroxylation is 1. The molecule has 7 nitrogen and oxygen atoms in total. The largest absolute Gasteiger partial charge is 0.462 e. The summed E-state index contributed by atoms with van der Waals surface area (Å²) < 4.78 is 6.30. The molecule has 1 aliphatic rings. The molecular weight excluding hydrogens is 402 g/mol. The van der Waals surface area contributed by atoms with Crippen LogP contribution in [0.3, 0.4) is 0 Å². The molecule has 1 atom stereocenters. The van der Waals surface area contributed by atoms with E-state index in [1.165, 1.54) is 15.8 Å². The zero-order valence-electron chi connectivity index (χ0n) is 16.9. The number of carbonyl (C=O) groups is 2. The molecule has 8 heteroatoms. The Morgan fingerprint density at radius 2 is 2.07 bits per heavy atom. The van der Waals surface area contributed by atoms with Gasteiger partial charge in [-0.15, -0.1) is 11.3 Å². The third-order valence-electron chi connectivity index (χ3n) is 5.28. The van der Waals surface area contributed by atoms with Crippen molar-refractivity contribution in [3.63, 3.8) is 0 Å². The molecular formula is C22H23N3O4S. The predicted octanol–water partition coefficient (Wildman–Crippen LogP) is 3.40. The van der Waals surface area contributed by atoms with Crippen LogP contribution in [0.2, 0.25) is 0 Å². The number of nitrogens with zero attached hydrogens (tertiary/aromatic N) is 2. The van der Waals surface area contributed by atoms with Crippen LogP contribution < -0.4 is 10.9 Å². The molecule has 0 bridgehead atoms. The van der Waals surface area contributed by atoms with E-state index in [0.29, 0.717) is 29.2 Å². The smallest absolute Gasteiger partial charge is 0.338 e. The second-order valence-electron chi connectivity index (χ2n) is 7.56. The maximum absolute atomic E-state index is 13.0.